The van der Waals surface area contributed by atoms with Gasteiger partial charge >= 0.3 is 0 Å². The molecule has 2 aromatic heterocycles. The van der Waals surface area contributed by atoms with Crippen molar-refractivity contribution in [2.75, 3.05) is 0 Å². The molecule has 0 saturated heterocycles. The minimum Gasteiger partial charge on any atom is -0.276 e. The van der Waals surface area contributed by atoms with Gasteiger partial charge in [0.1, 0.15) is 0 Å². The Morgan fingerprint density at radius 1 is 1.07 bits per heavy atom. The maximum Gasteiger partial charge on any atom is 0.262 e. The van der Waals surface area contributed by atoms with Gasteiger partial charge in [-0.2, -0.15) is 0 Å². The zero-order valence-electron chi connectivity index (χ0n) is 15.8. The van der Waals surface area contributed by atoms with E-state index in [1.165, 1.54) is 11.1 Å². The molecule has 138 valence electrons. The van der Waals surface area contributed by atoms with E-state index in [0.29, 0.717) is 17.7 Å². The van der Waals surface area contributed by atoms with Crippen molar-refractivity contribution in [2.45, 2.75) is 44.6 Å². The number of aromatic nitrogens is 4. The summed E-state index contributed by atoms with van der Waals surface area (Å²) in [4.78, 5) is 13.0. The van der Waals surface area contributed by atoms with Crippen LogP contribution in [0.3, 0.4) is 0 Å². The molecule has 0 radical (unpaired) electrons. The number of hydrogen-bond acceptors (Lipinski definition) is 4. The van der Waals surface area contributed by atoms with Gasteiger partial charge in [-0.05, 0) is 43.5 Å². The highest BCUT2D eigenvalue weighted by Gasteiger charge is 2.17. The normalized spacial score (nSPS) is 11.5. The second-order valence-corrected chi connectivity index (χ2v) is 7.75. The lowest BCUT2D eigenvalue weighted by Gasteiger charge is -2.11. The van der Waals surface area contributed by atoms with Gasteiger partial charge in [0.15, 0.2) is 5.16 Å². The maximum absolute atomic E-state index is 13.0. The third-order valence-electron chi connectivity index (χ3n) is 4.79. The molecule has 0 aliphatic carbocycles. The monoisotopic (exact) mass is 378 g/mol. The molecule has 6 heteroatoms. The summed E-state index contributed by atoms with van der Waals surface area (Å²) in [5.41, 5.74) is 4.49. The average molecular weight is 379 g/mol. The Hall–Kier alpha value is -2.60. The van der Waals surface area contributed by atoms with Crippen molar-refractivity contribution in [3.8, 4) is 0 Å². The first-order chi connectivity index (χ1) is 13.1. The Morgan fingerprint density at radius 2 is 1.89 bits per heavy atom. The molecule has 0 fully saturated rings. The van der Waals surface area contributed by atoms with Crippen molar-refractivity contribution in [3.63, 3.8) is 0 Å². The van der Waals surface area contributed by atoms with Gasteiger partial charge in [0, 0.05) is 12.3 Å². The SMILES string of the molecule is CCCn1c(=O)c2cc(C)ccc2n2c(SCc3ccccc3C)nnc12. The summed E-state index contributed by atoms with van der Waals surface area (Å²) in [5, 5.41) is 10.3. The van der Waals surface area contributed by atoms with Crippen LogP contribution in [0.1, 0.15) is 30.0 Å². The fourth-order valence-electron chi connectivity index (χ4n) is 3.33. The van der Waals surface area contributed by atoms with Crippen molar-refractivity contribution < 1.29 is 0 Å². The van der Waals surface area contributed by atoms with Gasteiger partial charge in [0.25, 0.3) is 5.56 Å². The molecule has 4 rings (SSSR count). The molecule has 0 amide bonds. The summed E-state index contributed by atoms with van der Waals surface area (Å²) in [6.45, 7) is 6.82. The molecule has 0 saturated carbocycles. The highest BCUT2D eigenvalue weighted by molar-refractivity contribution is 7.98. The number of rotatable bonds is 5. The third-order valence-corrected chi connectivity index (χ3v) is 5.77. The van der Waals surface area contributed by atoms with E-state index in [-0.39, 0.29) is 5.56 Å². The molecule has 0 N–H and O–H groups in total. The van der Waals surface area contributed by atoms with Gasteiger partial charge in [0.2, 0.25) is 5.78 Å². The van der Waals surface area contributed by atoms with Gasteiger partial charge < -0.3 is 0 Å². The van der Waals surface area contributed by atoms with E-state index in [0.717, 1.165) is 28.4 Å². The van der Waals surface area contributed by atoms with E-state index < -0.39 is 0 Å². The Morgan fingerprint density at radius 3 is 2.67 bits per heavy atom. The highest BCUT2D eigenvalue weighted by atomic mass is 32.2. The molecule has 5 nitrogen and oxygen atoms in total. The molecule has 0 aliphatic rings. The summed E-state index contributed by atoms with van der Waals surface area (Å²) in [6, 6.07) is 14.4. The molecule has 0 aliphatic heterocycles. The molecule has 2 aromatic carbocycles. The van der Waals surface area contributed by atoms with E-state index >= 15 is 0 Å². The van der Waals surface area contributed by atoms with E-state index in [4.69, 9.17) is 0 Å². The van der Waals surface area contributed by atoms with Gasteiger partial charge in [-0.1, -0.05) is 54.6 Å². The van der Waals surface area contributed by atoms with Crippen molar-refractivity contribution in [1.82, 2.24) is 19.2 Å². The lowest BCUT2D eigenvalue weighted by atomic mass is 10.1. The van der Waals surface area contributed by atoms with Gasteiger partial charge in [-0.25, -0.2) is 0 Å². The van der Waals surface area contributed by atoms with Crippen molar-refractivity contribution in [2.24, 2.45) is 0 Å². The van der Waals surface area contributed by atoms with Crippen LogP contribution in [0.5, 0.6) is 0 Å². The van der Waals surface area contributed by atoms with Crippen LogP contribution in [0.25, 0.3) is 16.7 Å². The van der Waals surface area contributed by atoms with Gasteiger partial charge in [0.05, 0.1) is 10.9 Å². The molecule has 0 unspecified atom stereocenters. The van der Waals surface area contributed by atoms with Crippen LogP contribution in [0, 0.1) is 13.8 Å². The molecule has 2 heterocycles. The second-order valence-electron chi connectivity index (χ2n) is 6.81. The Balaban J connectivity index is 1.89. The first-order valence-electron chi connectivity index (χ1n) is 9.15. The molecule has 27 heavy (non-hydrogen) atoms. The van der Waals surface area contributed by atoms with Crippen LogP contribution < -0.4 is 5.56 Å². The van der Waals surface area contributed by atoms with Crippen molar-refractivity contribution in [3.05, 3.63) is 69.5 Å². The van der Waals surface area contributed by atoms with E-state index in [1.54, 1.807) is 16.3 Å². The minimum absolute atomic E-state index is 0.00547. The van der Waals surface area contributed by atoms with Crippen LogP contribution in [0.15, 0.2) is 52.4 Å². The highest BCUT2D eigenvalue weighted by Crippen LogP contribution is 2.26. The molecule has 0 spiro atoms. The Labute approximate surface area is 162 Å². The molecule has 0 bridgehead atoms. The van der Waals surface area contributed by atoms with Crippen LogP contribution in [0.2, 0.25) is 0 Å². The Bertz CT molecular complexity index is 1190. The smallest absolute Gasteiger partial charge is 0.262 e. The Kier molecular flexibility index (Phi) is 4.74. The van der Waals surface area contributed by atoms with Crippen LogP contribution >= 0.6 is 11.8 Å². The summed E-state index contributed by atoms with van der Waals surface area (Å²) in [6.07, 6.45) is 0.867. The lowest BCUT2D eigenvalue weighted by molar-refractivity contribution is 0.662. The lowest BCUT2D eigenvalue weighted by Crippen LogP contribution is -2.23. The van der Waals surface area contributed by atoms with E-state index in [1.807, 2.05) is 29.5 Å². The number of thioether (sulfide) groups is 1. The van der Waals surface area contributed by atoms with Gasteiger partial charge in [-0.3, -0.25) is 13.8 Å². The fourth-order valence-corrected chi connectivity index (χ4v) is 4.35. The number of nitrogens with zero attached hydrogens (tertiary/aromatic N) is 4. The van der Waals surface area contributed by atoms with Crippen molar-refractivity contribution in [1.29, 1.82) is 0 Å². The van der Waals surface area contributed by atoms with E-state index in [2.05, 4.69) is 48.3 Å². The molecular formula is C21H22N4OS. The van der Waals surface area contributed by atoms with Crippen LogP contribution in [0.4, 0.5) is 0 Å². The molecular weight excluding hydrogens is 356 g/mol. The zero-order chi connectivity index (χ0) is 19.0. The van der Waals surface area contributed by atoms with Gasteiger partial charge in [-0.15, -0.1) is 10.2 Å². The maximum atomic E-state index is 13.0. The molecule has 0 atom stereocenters. The summed E-state index contributed by atoms with van der Waals surface area (Å²) in [5.74, 6) is 1.43. The van der Waals surface area contributed by atoms with Crippen LogP contribution in [-0.4, -0.2) is 19.2 Å². The summed E-state index contributed by atoms with van der Waals surface area (Å²) >= 11 is 1.65. The number of aryl methyl sites for hydroxylation is 3. The second kappa shape index (κ2) is 7.19. The summed E-state index contributed by atoms with van der Waals surface area (Å²) < 4.78 is 3.77. The quantitative estimate of drug-likeness (QED) is 0.484. The summed E-state index contributed by atoms with van der Waals surface area (Å²) in [7, 11) is 0. The zero-order valence-corrected chi connectivity index (χ0v) is 16.6. The predicted molar refractivity (Wildman–Crippen MR) is 111 cm³/mol. The predicted octanol–water partition coefficient (Wildman–Crippen LogP) is 4.36. The standard InChI is InChI=1S/C21H22N4OS/c1-4-11-24-19(26)17-12-14(2)9-10-18(17)25-20(24)22-23-21(25)27-13-16-8-6-5-7-15(16)3/h5-10,12H,4,11,13H2,1-3H3. The largest absolute Gasteiger partial charge is 0.276 e. The fraction of sp³-hybridized carbons (Fsp3) is 0.286. The number of benzene rings is 2. The minimum atomic E-state index is 0.00547. The number of fused-ring (bicyclic) bond motifs is 3. The van der Waals surface area contributed by atoms with E-state index in [9.17, 15) is 4.79 Å². The first kappa shape index (κ1) is 17.8. The van der Waals surface area contributed by atoms with Crippen molar-refractivity contribution >= 4 is 28.4 Å². The molecule has 4 aromatic rings. The van der Waals surface area contributed by atoms with Crippen LogP contribution in [-0.2, 0) is 12.3 Å². The number of hydrogen-bond donors (Lipinski definition) is 0. The third kappa shape index (κ3) is 3.14. The average Bonchev–Trinajstić information content (AvgIpc) is 3.08. The topological polar surface area (TPSA) is 52.2 Å². The first-order valence-corrected chi connectivity index (χ1v) is 10.1.